The zero-order valence-corrected chi connectivity index (χ0v) is 10.8. The molecule has 2 rings (SSSR count). The number of aromatic amines is 1. The van der Waals surface area contributed by atoms with Crippen molar-refractivity contribution in [3.63, 3.8) is 0 Å². The fraction of sp³-hybridized carbons (Fsp3) is 0.667. The number of H-pyrrole nitrogens is 1. The average molecular weight is 257 g/mol. The maximum Gasteiger partial charge on any atom is 0.329 e. The number of aromatic nitrogens is 2. The molecule has 0 radical (unpaired) electrons. The zero-order chi connectivity index (χ0) is 12.6. The summed E-state index contributed by atoms with van der Waals surface area (Å²) in [6, 6.07) is 1.27. The summed E-state index contributed by atoms with van der Waals surface area (Å²) < 4.78 is 1.32. The summed E-state index contributed by atoms with van der Waals surface area (Å²) in [5.74, 6) is 1.02. The predicted molar refractivity (Wildman–Crippen MR) is 67.5 cm³/mol. The van der Waals surface area contributed by atoms with Crippen LogP contribution >= 0.6 is 11.6 Å². The molecule has 5 heteroatoms. The van der Waals surface area contributed by atoms with E-state index in [0.717, 1.165) is 19.3 Å². The first-order valence-electron chi connectivity index (χ1n) is 6.00. The Bertz CT molecular complexity index is 489. The van der Waals surface area contributed by atoms with Gasteiger partial charge in [0.2, 0.25) is 0 Å². The van der Waals surface area contributed by atoms with Crippen LogP contribution in [0.4, 0.5) is 0 Å². The van der Waals surface area contributed by atoms with Gasteiger partial charge in [-0.3, -0.25) is 14.3 Å². The molecule has 0 aliphatic heterocycles. The molecule has 0 spiro atoms. The third kappa shape index (κ3) is 2.46. The number of nitrogens with one attached hydrogen (secondary N) is 1. The average Bonchev–Trinajstić information content (AvgIpc) is 2.19. The molecule has 0 bridgehead atoms. The third-order valence-corrected chi connectivity index (χ3v) is 3.85. The highest BCUT2D eigenvalue weighted by molar-refractivity contribution is 6.29. The highest BCUT2D eigenvalue weighted by atomic mass is 35.5. The van der Waals surface area contributed by atoms with E-state index in [1.54, 1.807) is 0 Å². The van der Waals surface area contributed by atoms with Gasteiger partial charge in [0.15, 0.2) is 0 Å². The van der Waals surface area contributed by atoms with Crippen molar-refractivity contribution < 1.29 is 0 Å². The summed E-state index contributed by atoms with van der Waals surface area (Å²) in [6.07, 6.45) is 3.00. The second-order valence-electron chi connectivity index (χ2n) is 5.09. The molecular weight excluding hydrogens is 240 g/mol. The Morgan fingerprint density at radius 1 is 1.35 bits per heavy atom. The van der Waals surface area contributed by atoms with Crippen LogP contribution in [0.2, 0.25) is 5.15 Å². The van der Waals surface area contributed by atoms with Crippen LogP contribution in [0.25, 0.3) is 0 Å². The fourth-order valence-electron chi connectivity index (χ4n) is 2.82. The first kappa shape index (κ1) is 12.4. The van der Waals surface area contributed by atoms with E-state index in [4.69, 9.17) is 11.6 Å². The molecule has 1 saturated carbocycles. The minimum atomic E-state index is -0.395. The van der Waals surface area contributed by atoms with Crippen molar-refractivity contribution in [3.8, 4) is 0 Å². The Morgan fingerprint density at radius 3 is 2.65 bits per heavy atom. The highest BCUT2D eigenvalue weighted by Gasteiger charge is 2.28. The lowest BCUT2D eigenvalue weighted by Gasteiger charge is -2.33. The Balaban J connectivity index is 2.41. The minimum absolute atomic E-state index is 0.000262. The van der Waals surface area contributed by atoms with Crippen LogP contribution in [0.5, 0.6) is 0 Å². The van der Waals surface area contributed by atoms with Gasteiger partial charge in [-0.2, -0.15) is 0 Å². The third-order valence-electron chi connectivity index (χ3n) is 3.65. The maximum atomic E-state index is 11.8. The lowest BCUT2D eigenvalue weighted by molar-refractivity contribution is 0.199. The summed E-state index contributed by atoms with van der Waals surface area (Å²) in [7, 11) is 0. The van der Waals surface area contributed by atoms with Crippen molar-refractivity contribution in [3.05, 3.63) is 32.1 Å². The summed E-state index contributed by atoms with van der Waals surface area (Å²) in [5, 5.41) is 0.105. The van der Waals surface area contributed by atoms with Gasteiger partial charge in [0.1, 0.15) is 5.15 Å². The molecule has 3 atom stereocenters. The topological polar surface area (TPSA) is 54.9 Å². The maximum absolute atomic E-state index is 11.8. The molecule has 0 amide bonds. The quantitative estimate of drug-likeness (QED) is 0.783. The van der Waals surface area contributed by atoms with E-state index in [-0.39, 0.29) is 16.8 Å². The van der Waals surface area contributed by atoms with E-state index >= 15 is 0 Å². The smallest absolute Gasteiger partial charge is 0.298 e. The van der Waals surface area contributed by atoms with Crippen LogP contribution in [0, 0.1) is 11.8 Å². The van der Waals surface area contributed by atoms with Gasteiger partial charge in [-0.05, 0) is 31.1 Å². The molecule has 1 N–H and O–H groups in total. The Morgan fingerprint density at radius 2 is 2.06 bits per heavy atom. The number of nitrogens with zero attached hydrogens (tertiary/aromatic N) is 1. The van der Waals surface area contributed by atoms with E-state index in [0.29, 0.717) is 11.8 Å². The van der Waals surface area contributed by atoms with Crippen LogP contribution in [0.15, 0.2) is 15.7 Å². The van der Waals surface area contributed by atoms with Crippen molar-refractivity contribution in [1.82, 2.24) is 9.55 Å². The zero-order valence-electron chi connectivity index (χ0n) is 10.1. The van der Waals surface area contributed by atoms with E-state index in [2.05, 4.69) is 18.8 Å². The standard InChI is InChI=1S/C12H17ClN2O2/c1-7-3-4-9(8(2)5-7)15-11(16)6-10(13)14-12(15)17/h6-9H,3-5H2,1-2H3,(H,14,17). The molecule has 17 heavy (non-hydrogen) atoms. The first-order valence-corrected chi connectivity index (χ1v) is 6.38. The monoisotopic (exact) mass is 256 g/mol. The second-order valence-corrected chi connectivity index (χ2v) is 5.50. The molecule has 4 nitrogen and oxygen atoms in total. The number of halogens is 1. The lowest BCUT2D eigenvalue weighted by atomic mass is 9.80. The highest BCUT2D eigenvalue weighted by Crippen LogP contribution is 2.35. The summed E-state index contributed by atoms with van der Waals surface area (Å²) in [6.45, 7) is 4.31. The molecule has 1 heterocycles. The molecule has 0 aromatic carbocycles. The van der Waals surface area contributed by atoms with E-state index in [1.165, 1.54) is 10.6 Å². The normalized spacial score (nSPS) is 29.2. The summed E-state index contributed by atoms with van der Waals surface area (Å²) in [4.78, 5) is 26.1. The molecule has 1 aliphatic carbocycles. The molecule has 1 aliphatic rings. The molecular formula is C12H17ClN2O2. The molecule has 3 unspecified atom stereocenters. The van der Waals surface area contributed by atoms with Gasteiger partial charge in [-0.15, -0.1) is 0 Å². The molecule has 1 aromatic heterocycles. The van der Waals surface area contributed by atoms with Crippen LogP contribution in [0.1, 0.15) is 39.2 Å². The minimum Gasteiger partial charge on any atom is -0.298 e. The van der Waals surface area contributed by atoms with Crippen LogP contribution < -0.4 is 11.2 Å². The molecule has 94 valence electrons. The molecule has 1 aromatic rings. The fourth-order valence-corrected chi connectivity index (χ4v) is 3.00. The van der Waals surface area contributed by atoms with Crippen molar-refractivity contribution >= 4 is 11.6 Å². The summed E-state index contributed by atoms with van der Waals surface area (Å²) >= 11 is 5.65. The number of hydrogen-bond donors (Lipinski definition) is 1. The van der Waals surface area contributed by atoms with Crippen molar-refractivity contribution in [1.29, 1.82) is 0 Å². The van der Waals surface area contributed by atoms with Gasteiger partial charge in [0.25, 0.3) is 5.56 Å². The van der Waals surface area contributed by atoms with Crippen molar-refractivity contribution in [2.24, 2.45) is 11.8 Å². The van der Waals surface area contributed by atoms with Crippen LogP contribution in [-0.2, 0) is 0 Å². The van der Waals surface area contributed by atoms with Crippen molar-refractivity contribution in [2.45, 2.75) is 39.2 Å². The van der Waals surface area contributed by atoms with Gasteiger partial charge >= 0.3 is 5.69 Å². The van der Waals surface area contributed by atoms with E-state index in [9.17, 15) is 9.59 Å². The Kier molecular flexibility index (Phi) is 3.43. The van der Waals surface area contributed by atoms with Crippen LogP contribution in [0.3, 0.4) is 0 Å². The summed E-state index contributed by atoms with van der Waals surface area (Å²) in [5.41, 5.74) is -0.695. The predicted octanol–water partition coefficient (Wildman–Crippen LogP) is 2.19. The van der Waals surface area contributed by atoms with E-state index < -0.39 is 5.69 Å². The SMILES string of the molecule is CC1CCC(n2c(=O)cc(Cl)[nH]c2=O)C(C)C1. The van der Waals surface area contributed by atoms with Gasteiger partial charge in [-0.1, -0.05) is 25.4 Å². The number of rotatable bonds is 1. The van der Waals surface area contributed by atoms with Crippen LogP contribution in [-0.4, -0.2) is 9.55 Å². The Hall–Kier alpha value is -1.03. The van der Waals surface area contributed by atoms with Gasteiger partial charge in [0.05, 0.1) is 0 Å². The molecule has 1 fully saturated rings. The Labute approximate surface area is 105 Å². The lowest BCUT2D eigenvalue weighted by Crippen LogP contribution is -2.41. The first-order chi connectivity index (χ1) is 7.99. The largest absolute Gasteiger partial charge is 0.329 e. The van der Waals surface area contributed by atoms with Gasteiger partial charge in [-0.25, -0.2) is 4.79 Å². The number of hydrogen-bond acceptors (Lipinski definition) is 2. The van der Waals surface area contributed by atoms with E-state index in [1.807, 2.05) is 0 Å². The van der Waals surface area contributed by atoms with Gasteiger partial charge in [0, 0.05) is 12.1 Å². The molecule has 0 saturated heterocycles. The van der Waals surface area contributed by atoms with Crippen molar-refractivity contribution in [2.75, 3.05) is 0 Å². The second kappa shape index (κ2) is 4.69. The van der Waals surface area contributed by atoms with Gasteiger partial charge < -0.3 is 0 Å².